The van der Waals surface area contributed by atoms with E-state index in [2.05, 4.69) is 62.0 Å². The summed E-state index contributed by atoms with van der Waals surface area (Å²) in [6.45, 7) is 6.68. The molecule has 0 unspecified atom stereocenters. The highest BCUT2D eigenvalue weighted by molar-refractivity contribution is 7.16. The molecule has 2 aliphatic rings. The van der Waals surface area contributed by atoms with Crippen molar-refractivity contribution < 1.29 is 9.30 Å². The maximum Gasteiger partial charge on any atom is 0.269 e. The number of benzene rings is 2. The van der Waals surface area contributed by atoms with Crippen LogP contribution in [0.3, 0.4) is 0 Å². The number of nitrogens with zero attached hydrogens (tertiary/aromatic N) is 1. The number of thiophene rings is 1. The van der Waals surface area contributed by atoms with Crippen LogP contribution in [0.4, 0.5) is 0 Å². The summed E-state index contributed by atoms with van der Waals surface area (Å²) in [6, 6.07) is 9.15. The number of aryl methyl sites for hydroxylation is 3. The Bertz CT molecular complexity index is 1320. The first-order valence-electron chi connectivity index (χ1n) is 10.7. The lowest BCUT2D eigenvalue weighted by Crippen LogP contribution is -2.33. The maximum atomic E-state index is 6.81. The number of rotatable bonds is 1. The molecule has 1 fully saturated rings. The summed E-state index contributed by atoms with van der Waals surface area (Å²) in [5, 5.41) is 6.19. The van der Waals surface area contributed by atoms with Gasteiger partial charge in [0.2, 0.25) is 5.75 Å². The molecule has 2 aromatic heterocycles. The number of aromatic nitrogens is 1. The van der Waals surface area contributed by atoms with Gasteiger partial charge in [0, 0.05) is 10.9 Å². The second kappa shape index (κ2) is 6.06. The largest absolute Gasteiger partial charge is 0.449 e. The Morgan fingerprint density at radius 3 is 2.66 bits per heavy atom. The zero-order valence-electron chi connectivity index (χ0n) is 17.6. The molecule has 0 saturated heterocycles. The molecule has 0 radical (unpaired) electrons. The van der Waals surface area contributed by atoms with E-state index >= 15 is 0 Å². The van der Waals surface area contributed by atoms with E-state index in [1.165, 1.54) is 80.2 Å². The second-order valence-electron chi connectivity index (χ2n) is 8.93. The summed E-state index contributed by atoms with van der Waals surface area (Å²) in [4.78, 5) is 1.36. The summed E-state index contributed by atoms with van der Waals surface area (Å²) in [6.07, 6.45) is 5.21. The molecule has 29 heavy (non-hydrogen) atoms. The molecule has 1 aliphatic carbocycles. The molecule has 146 valence electrons. The Labute approximate surface area is 175 Å². The van der Waals surface area contributed by atoms with Crippen LogP contribution in [0.1, 0.15) is 53.9 Å². The summed E-state index contributed by atoms with van der Waals surface area (Å²) < 4.78 is 9.20. The lowest BCUT2D eigenvalue weighted by Gasteiger charge is -2.26. The molecule has 1 saturated carbocycles. The Balaban J connectivity index is 1.82. The van der Waals surface area contributed by atoms with Crippen LogP contribution < -0.4 is 9.30 Å². The van der Waals surface area contributed by atoms with Crippen molar-refractivity contribution in [3.8, 4) is 22.8 Å². The van der Waals surface area contributed by atoms with Crippen LogP contribution in [0.15, 0.2) is 29.6 Å². The summed E-state index contributed by atoms with van der Waals surface area (Å²) >= 11 is 1.85. The van der Waals surface area contributed by atoms with E-state index in [1.54, 1.807) is 0 Å². The van der Waals surface area contributed by atoms with Crippen LogP contribution >= 0.6 is 11.3 Å². The lowest BCUT2D eigenvalue weighted by molar-refractivity contribution is -0.631. The first-order valence-corrected chi connectivity index (χ1v) is 11.6. The van der Waals surface area contributed by atoms with Gasteiger partial charge in [-0.15, -0.1) is 0 Å². The minimum absolute atomic E-state index is 0.606. The zero-order valence-corrected chi connectivity index (χ0v) is 18.4. The summed E-state index contributed by atoms with van der Waals surface area (Å²) in [7, 11) is 2.21. The van der Waals surface area contributed by atoms with E-state index in [-0.39, 0.29) is 0 Å². The molecule has 0 bridgehead atoms. The van der Waals surface area contributed by atoms with Crippen molar-refractivity contribution in [1.82, 2.24) is 0 Å². The molecule has 3 heterocycles. The number of hydrogen-bond donors (Lipinski definition) is 0. The first-order chi connectivity index (χ1) is 14.0. The standard InChI is InChI=1S/C26H26NOS/c1-14-11-18-13-15(2)16(3)21-23(18)20(12-14)28-25-22(17-7-5-6-8-17)19-9-10-29-26(19)27(4)24(21)25/h9-13,17H,5-8H2,1-4H3/q+1. The van der Waals surface area contributed by atoms with Crippen LogP contribution in [0, 0.1) is 20.8 Å². The molecule has 6 rings (SSSR count). The van der Waals surface area contributed by atoms with Gasteiger partial charge in [0.25, 0.3) is 10.5 Å². The Morgan fingerprint density at radius 1 is 1.07 bits per heavy atom. The molecular formula is C26H26NOS+. The molecule has 4 aromatic rings. The molecular weight excluding hydrogens is 374 g/mol. The van der Waals surface area contributed by atoms with E-state index in [1.807, 2.05) is 11.3 Å². The van der Waals surface area contributed by atoms with Crippen molar-refractivity contribution in [2.45, 2.75) is 52.4 Å². The molecule has 0 spiro atoms. The SMILES string of the molecule is Cc1cc2c3c(c(C)c(C)cc3c1)-c1c(c(C3CCCC3)c3ccsc3[n+]1C)O2. The molecule has 1 aliphatic heterocycles. The van der Waals surface area contributed by atoms with E-state index in [0.717, 1.165) is 11.5 Å². The van der Waals surface area contributed by atoms with Gasteiger partial charge in [0.05, 0.1) is 10.9 Å². The van der Waals surface area contributed by atoms with Gasteiger partial charge in [-0.1, -0.05) is 36.3 Å². The summed E-state index contributed by atoms with van der Waals surface area (Å²) in [5.41, 5.74) is 8.07. The average Bonchev–Trinajstić information content (AvgIpc) is 3.37. The van der Waals surface area contributed by atoms with Gasteiger partial charge in [-0.2, -0.15) is 4.57 Å². The highest BCUT2D eigenvalue weighted by Gasteiger charge is 2.37. The number of pyridine rings is 1. The zero-order chi connectivity index (χ0) is 19.9. The van der Waals surface area contributed by atoms with Gasteiger partial charge in [0.15, 0.2) is 0 Å². The average molecular weight is 401 g/mol. The van der Waals surface area contributed by atoms with Crippen LogP contribution in [0.5, 0.6) is 11.5 Å². The van der Waals surface area contributed by atoms with Crippen molar-refractivity contribution in [3.05, 3.63) is 51.9 Å². The van der Waals surface area contributed by atoms with Crippen LogP contribution in [0.25, 0.3) is 32.2 Å². The normalized spacial score (nSPS) is 15.9. The van der Waals surface area contributed by atoms with Gasteiger partial charge < -0.3 is 4.74 Å². The van der Waals surface area contributed by atoms with Crippen molar-refractivity contribution in [3.63, 3.8) is 0 Å². The highest BCUT2D eigenvalue weighted by atomic mass is 32.1. The van der Waals surface area contributed by atoms with Crippen LogP contribution in [0.2, 0.25) is 0 Å². The summed E-state index contributed by atoms with van der Waals surface area (Å²) in [5.74, 6) is 2.74. The maximum absolute atomic E-state index is 6.81. The van der Waals surface area contributed by atoms with Gasteiger partial charge >= 0.3 is 0 Å². The molecule has 0 N–H and O–H groups in total. The Hall–Kier alpha value is -2.39. The quantitative estimate of drug-likeness (QED) is 0.270. The van der Waals surface area contributed by atoms with E-state index < -0.39 is 0 Å². The fourth-order valence-corrected chi connectivity index (χ4v) is 6.54. The molecule has 3 heteroatoms. The van der Waals surface area contributed by atoms with E-state index in [4.69, 9.17) is 4.74 Å². The monoisotopic (exact) mass is 400 g/mol. The molecule has 2 nitrogen and oxygen atoms in total. The number of ether oxygens (including phenoxy) is 1. The van der Waals surface area contributed by atoms with E-state index in [9.17, 15) is 0 Å². The van der Waals surface area contributed by atoms with Crippen molar-refractivity contribution in [2.24, 2.45) is 7.05 Å². The van der Waals surface area contributed by atoms with Crippen molar-refractivity contribution >= 4 is 32.3 Å². The van der Waals surface area contributed by atoms with Gasteiger partial charge in [-0.05, 0) is 79.1 Å². The minimum atomic E-state index is 0.606. The van der Waals surface area contributed by atoms with Gasteiger partial charge in [0.1, 0.15) is 12.8 Å². The third-order valence-electron chi connectivity index (χ3n) is 7.11. The Kier molecular flexibility index (Phi) is 3.65. The Morgan fingerprint density at radius 2 is 1.86 bits per heavy atom. The predicted molar refractivity (Wildman–Crippen MR) is 121 cm³/mol. The molecule has 0 amide bonds. The first kappa shape index (κ1) is 17.5. The third-order valence-corrected chi connectivity index (χ3v) is 8.10. The third kappa shape index (κ3) is 2.31. The fourth-order valence-electron chi connectivity index (χ4n) is 5.65. The minimum Gasteiger partial charge on any atom is -0.449 e. The van der Waals surface area contributed by atoms with Crippen LogP contribution in [-0.4, -0.2) is 0 Å². The lowest BCUT2D eigenvalue weighted by atomic mass is 9.86. The predicted octanol–water partition coefficient (Wildman–Crippen LogP) is 7.23. The number of hydrogen-bond acceptors (Lipinski definition) is 2. The second-order valence-corrected chi connectivity index (χ2v) is 9.82. The van der Waals surface area contributed by atoms with Crippen molar-refractivity contribution in [1.29, 1.82) is 0 Å². The van der Waals surface area contributed by atoms with E-state index in [0.29, 0.717) is 5.92 Å². The number of fused-ring (bicyclic) bond motifs is 3. The van der Waals surface area contributed by atoms with Gasteiger partial charge in [-0.3, -0.25) is 0 Å². The molecule has 0 atom stereocenters. The fraction of sp³-hybridized carbons (Fsp3) is 0.346. The highest BCUT2D eigenvalue weighted by Crippen LogP contribution is 2.53. The van der Waals surface area contributed by atoms with Crippen molar-refractivity contribution in [2.75, 3.05) is 0 Å². The van der Waals surface area contributed by atoms with Crippen LogP contribution in [-0.2, 0) is 7.05 Å². The molecule has 2 aromatic carbocycles. The van der Waals surface area contributed by atoms with Gasteiger partial charge in [-0.25, -0.2) is 0 Å². The smallest absolute Gasteiger partial charge is 0.269 e. The topological polar surface area (TPSA) is 13.1 Å².